The fourth-order valence-corrected chi connectivity index (χ4v) is 3.02. The molecule has 1 heterocycles. The number of aromatic nitrogens is 1. The molecule has 1 aliphatic rings. The van der Waals surface area contributed by atoms with Gasteiger partial charge in [0.15, 0.2) is 0 Å². The van der Waals surface area contributed by atoms with Crippen molar-refractivity contribution in [3.63, 3.8) is 0 Å². The second-order valence-corrected chi connectivity index (χ2v) is 6.68. The molecule has 1 aromatic heterocycles. The third kappa shape index (κ3) is 4.33. The first kappa shape index (κ1) is 17.0. The number of hydrogen-bond acceptors (Lipinski definition) is 4. The monoisotopic (exact) mass is 371 g/mol. The van der Waals surface area contributed by atoms with E-state index >= 15 is 0 Å². The van der Waals surface area contributed by atoms with Crippen LogP contribution >= 0.6 is 15.9 Å². The highest BCUT2D eigenvalue weighted by molar-refractivity contribution is 9.10. The summed E-state index contributed by atoms with van der Waals surface area (Å²) in [5.41, 5.74) is 5.45. The zero-order chi connectivity index (χ0) is 16.3. The maximum Gasteiger partial charge on any atom is 0.254 e. The highest BCUT2D eigenvalue weighted by Crippen LogP contribution is 2.28. The van der Waals surface area contributed by atoms with Gasteiger partial charge in [0.05, 0.1) is 16.6 Å². The van der Waals surface area contributed by atoms with E-state index in [9.17, 15) is 9.59 Å². The van der Waals surface area contributed by atoms with Gasteiger partial charge >= 0.3 is 0 Å². The molecule has 0 aliphatic heterocycles. The Hall–Kier alpha value is -1.34. The molecule has 1 aliphatic carbocycles. The van der Waals surface area contributed by atoms with Gasteiger partial charge in [-0.2, -0.15) is 0 Å². The predicted octanol–water partition coefficient (Wildman–Crippen LogP) is 1.30. The van der Waals surface area contributed by atoms with Gasteiger partial charge in [0.25, 0.3) is 5.56 Å². The first-order valence-corrected chi connectivity index (χ1v) is 8.25. The molecule has 6 nitrogen and oxygen atoms in total. The maximum absolute atomic E-state index is 11.7. The fourth-order valence-electron chi connectivity index (χ4n) is 2.51. The Morgan fingerprint density at radius 1 is 1.45 bits per heavy atom. The van der Waals surface area contributed by atoms with Gasteiger partial charge in [0.2, 0.25) is 5.91 Å². The average Bonchev–Trinajstić information content (AvgIpc) is 2.46. The third-order valence-electron chi connectivity index (χ3n) is 3.87. The second-order valence-electron chi connectivity index (χ2n) is 5.82. The van der Waals surface area contributed by atoms with Crippen molar-refractivity contribution in [2.24, 2.45) is 12.8 Å². The van der Waals surface area contributed by atoms with Crippen molar-refractivity contribution in [2.75, 3.05) is 0 Å². The van der Waals surface area contributed by atoms with Crippen LogP contribution in [0.2, 0.25) is 0 Å². The van der Waals surface area contributed by atoms with E-state index in [0.717, 1.165) is 30.2 Å². The van der Waals surface area contributed by atoms with E-state index in [1.807, 2.05) is 0 Å². The molecule has 1 fully saturated rings. The molecule has 2 rings (SSSR count). The van der Waals surface area contributed by atoms with Crippen LogP contribution < -0.4 is 21.3 Å². The zero-order valence-electron chi connectivity index (χ0n) is 12.8. The van der Waals surface area contributed by atoms with Crippen LogP contribution in [0.1, 0.15) is 32.6 Å². The van der Waals surface area contributed by atoms with Crippen LogP contribution in [0, 0.1) is 0 Å². The Morgan fingerprint density at radius 3 is 2.68 bits per heavy atom. The van der Waals surface area contributed by atoms with Crippen molar-refractivity contribution in [3.8, 4) is 5.75 Å². The first-order chi connectivity index (χ1) is 10.4. The number of ether oxygens (including phenoxy) is 1. The minimum atomic E-state index is -0.481. The molecular formula is C15H22BrN3O3. The molecule has 122 valence electrons. The Kier molecular flexibility index (Phi) is 5.63. The van der Waals surface area contributed by atoms with Gasteiger partial charge in [-0.05, 0) is 48.5 Å². The number of amides is 1. The van der Waals surface area contributed by atoms with Crippen LogP contribution in [-0.2, 0) is 11.8 Å². The molecule has 0 saturated heterocycles. The lowest BCUT2D eigenvalue weighted by Gasteiger charge is -2.30. The normalized spacial score (nSPS) is 22.9. The summed E-state index contributed by atoms with van der Waals surface area (Å²) in [7, 11) is 1.70. The summed E-state index contributed by atoms with van der Waals surface area (Å²) in [6.45, 7) is 1.68. The van der Waals surface area contributed by atoms with Crippen molar-refractivity contribution >= 4 is 21.8 Å². The number of rotatable bonds is 4. The van der Waals surface area contributed by atoms with E-state index in [4.69, 9.17) is 10.5 Å². The van der Waals surface area contributed by atoms with E-state index in [1.165, 1.54) is 10.6 Å². The summed E-state index contributed by atoms with van der Waals surface area (Å²) in [5.74, 6) is 0.463. The second kappa shape index (κ2) is 7.28. The van der Waals surface area contributed by atoms with Crippen molar-refractivity contribution < 1.29 is 9.53 Å². The fraction of sp³-hybridized carbons (Fsp3) is 0.600. The highest BCUT2D eigenvalue weighted by Gasteiger charge is 2.25. The number of pyridine rings is 1. The summed E-state index contributed by atoms with van der Waals surface area (Å²) in [4.78, 5) is 23.3. The number of hydrogen-bond donors (Lipinski definition) is 2. The molecule has 1 saturated carbocycles. The van der Waals surface area contributed by atoms with Crippen molar-refractivity contribution in [1.82, 2.24) is 9.88 Å². The Bertz CT molecular complexity index is 592. The SMILES string of the molecule is C[C@H](N)C(=O)NC1CCC(Oc2cc(=O)n(C)cc2Br)CC1. The molecular weight excluding hydrogens is 350 g/mol. The topological polar surface area (TPSA) is 86.4 Å². The molecule has 7 heteroatoms. The number of nitrogens with one attached hydrogen (secondary N) is 1. The number of nitrogens with two attached hydrogens (primary N) is 1. The molecule has 1 aromatic rings. The lowest BCUT2D eigenvalue weighted by molar-refractivity contribution is -0.123. The van der Waals surface area contributed by atoms with E-state index in [0.29, 0.717) is 5.75 Å². The van der Waals surface area contributed by atoms with Gasteiger partial charge in [-0.15, -0.1) is 0 Å². The average molecular weight is 372 g/mol. The van der Waals surface area contributed by atoms with Crippen LogP contribution in [0.25, 0.3) is 0 Å². The first-order valence-electron chi connectivity index (χ1n) is 7.45. The highest BCUT2D eigenvalue weighted by atomic mass is 79.9. The molecule has 1 amide bonds. The molecule has 0 spiro atoms. The van der Waals surface area contributed by atoms with E-state index in [2.05, 4.69) is 21.2 Å². The number of halogens is 1. The van der Waals surface area contributed by atoms with Gasteiger partial charge in [0.1, 0.15) is 5.75 Å². The van der Waals surface area contributed by atoms with Crippen LogP contribution in [0.5, 0.6) is 5.75 Å². The molecule has 1 atom stereocenters. The lowest BCUT2D eigenvalue weighted by atomic mass is 9.92. The summed E-state index contributed by atoms with van der Waals surface area (Å²) >= 11 is 3.41. The van der Waals surface area contributed by atoms with Crippen LogP contribution in [0.3, 0.4) is 0 Å². The minimum Gasteiger partial charge on any atom is -0.489 e. The quantitative estimate of drug-likeness (QED) is 0.834. The summed E-state index contributed by atoms with van der Waals surface area (Å²) < 4.78 is 8.19. The van der Waals surface area contributed by atoms with Crippen molar-refractivity contribution in [1.29, 1.82) is 0 Å². The molecule has 22 heavy (non-hydrogen) atoms. The summed E-state index contributed by atoms with van der Waals surface area (Å²) in [5, 5.41) is 2.95. The number of aryl methyl sites for hydroxylation is 1. The van der Waals surface area contributed by atoms with Crippen LogP contribution in [0.15, 0.2) is 21.5 Å². The Morgan fingerprint density at radius 2 is 2.09 bits per heavy atom. The standard InChI is InChI=1S/C15H22BrN3O3/c1-9(17)15(21)18-10-3-5-11(6-4-10)22-13-7-14(20)19(2)8-12(13)16/h7-11H,3-6,17H2,1-2H3,(H,18,21)/t9-,10?,11?/m0/s1. The van der Waals surface area contributed by atoms with Crippen LogP contribution in [0.4, 0.5) is 0 Å². The summed E-state index contributed by atoms with van der Waals surface area (Å²) in [6, 6.07) is 1.17. The predicted molar refractivity (Wildman–Crippen MR) is 87.8 cm³/mol. The molecule has 0 bridgehead atoms. The Labute approximate surface area is 138 Å². The van der Waals surface area contributed by atoms with E-state index < -0.39 is 6.04 Å². The largest absolute Gasteiger partial charge is 0.489 e. The van der Waals surface area contributed by atoms with E-state index in [1.54, 1.807) is 20.2 Å². The number of carbonyl (C=O) groups is 1. The molecule has 0 unspecified atom stereocenters. The minimum absolute atomic E-state index is 0.0619. The van der Waals surface area contributed by atoms with Crippen molar-refractivity contribution in [2.45, 2.75) is 50.8 Å². The van der Waals surface area contributed by atoms with Gasteiger partial charge < -0.3 is 20.4 Å². The Balaban J connectivity index is 1.89. The van der Waals surface area contributed by atoms with E-state index in [-0.39, 0.29) is 23.6 Å². The molecule has 0 aromatic carbocycles. The number of carbonyl (C=O) groups excluding carboxylic acids is 1. The van der Waals surface area contributed by atoms with Crippen molar-refractivity contribution in [3.05, 3.63) is 27.1 Å². The smallest absolute Gasteiger partial charge is 0.254 e. The van der Waals surface area contributed by atoms with Gasteiger partial charge in [0, 0.05) is 25.4 Å². The van der Waals surface area contributed by atoms with Crippen LogP contribution in [-0.4, -0.2) is 28.7 Å². The van der Waals surface area contributed by atoms with Gasteiger partial charge in [-0.3, -0.25) is 9.59 Å². The molecule has 0 radical (unpaired) electrons. The lowest BCUT2D eigenvalue weighted by Crippen LogP contribution is -2.46. The third-order valence-corrected chi connectivity index (χ3v) is 4.47. The number of nitrogens with zero attached hydrogens (tertiary/aromatic N) is 1. The summed E-state index contributed by atoms with van der Waals surface area (Å²) in [6.07, 6.45) is 5.15. The maximum atomic E-state index is 11.7. The molecule has 3 N–H and O–H groups in total. The van der Waals surface area contributed by atoms with Gasteiger partial charge in [-0.25, -0.2) is 0 Å². The zero-order valence-corrected chi connectivity index (χ0v) is 14.4. The van der Waals surface area contributed by atoms with Gasteiger partial charge in [-0.1, -0.05) is 0 Å².